The molecule has 2 N–H and O–H groups in total. The number of aliphatic hydroxyl groups is 1. The molecule has 0 bridgehead atoms. The van der Waals surface area contributed by atoms with Crippen LogP contribution in [-0.2, 0) is 4.79 Å². The van der Waals surface area contributed by atoms with Crippen LogP contribution < -0.4 is 18.9 Å². The fraction of sp³-hybridized carbons (Fsp3) is 0.867. The Morgan fingerprint density at radius 1 is 1.00 bits per heavy atom. The molecule has 186 valence electrons. The summed E-state index contributed by atoms with van der Waals surface area (Å²) in [7, 11) is 0. The fourth-order valence-electron chi connectivity index (χ4n) is 10.4. The van der Waals surface area contributed by atoms with Crippen molar-refractivity contribution in [3.8, 4) is 0 Å². The van der Waals surface area contributed by atoms with Gasteiger partial charge in [-0.1, -0.05) is 78.9 Å². The number of rotatable bonds is 1. The van der Waals surface area contributed by atoms with Crippen molar-refractivity contribution in [2.75, 3.05) is 0 Å². The third kappa shape index (κ3) is 3.08. The van der Waals surface area contributed by atoms with Crippen LogP contribution in [0.4, 0.5) is 0 Å². The van der Waals surface area contributed by atoms with Gasteiger partial charge in [0, 0.05) is 6.10 Å². The molecule has 0 heterocycles. The Morgan fingerprint density at radius 3 is 2.32 bits per heavy atom. The Bertz CT molecular complexity index is 884. The summed E-state index contributed by atoms with van der Waals surface area (Å²) in [6, 6.07) is 0. The Kier molecular flexibility index (Phi) is 6.41. The van der Waals surface area contributed by atoms with Gasteiger partial charge in [-0.3, -0.25) is 10.7 Å². The van der Waals surface area contributed by atoms with Crippen LogP contribution in [0.25, 0.3) is 0 Å². The summed E-state index contributed by atoms with van der Waals surface area (Å²) < 4.78 is 0. The average Bonchev–Trinajstić information content (AvgIpc) is 2.75. The molecule has 3 nitrogen and oxygen atoms in total. The van der Waals surface area contributed by atoms with Crippen LogP contribution >= 0.6 is 0 Å². The number of aliphatic hydroxyl groups excluding tert-OH is 1. The Balaban J connectivity index is 0.00000274. The van der Waals surface area contributed by atoms with Gasteiger partial charge in [-0.2, -0.15) is 11.8 Å². The van der Waals surface area contributed by atoms with Gasteiger partial charge in [0.15, 0.2) is 0 Å². The van der Waals surface area contributed by atoms with Gasteiger partial charge in [-0.25, -0.2) is 0 Å². The molecular formula is C30H47LiO3. The van der Waals surface area contributed by atoms with E-state index in [4.69, 9.17) is 0 Å². The number of carboxylic acids is 1. The minimum absolute atomic E-state index is 0. The normalized spacial score (nSPS) is 54.9. The van der Waals surface area contributed by atoms with E-state index in [1.807, 2.05) is 0 Å². The monoisotopic (exact) mass is 462 g/mol. The predicted octanol–water partition coefficient (Wildman–Crippen LogP) is 4.05. The second-order valence-electron chi connectivity index (χ2n) is 14.2. The van der Waals surface area contributed by atoms with Crippen LogP contribution in [0, 0.1) is 56.7 Å². The molecule has 4 saturated carbocycles. The summed E-state index contributed by atoms with van der Waals surface area (Å²) in [5.41, 5.74) is 1.34. The zero-order valence-corrected chi connectivity index (χ0v) is 23.1. The minimum Gasteiger partial charge on any atom is -0.483 e. The number of fused-ring (bicyclic) bond motifs is 7. The molecule has 0 aliphatic heterocycles. The molecule has 5 aliphatic rings. The molecular weight excluding hydrogens is 415 g/mol. The Labute approximate surface area is 220 Å². The summed E-state index contributed by atoms with van der Waals surface area (Å²) in [5.74, 6) is 2.96. The van der Waals surface area contributed by atoms with Crippen molar-refractivity contribution in [3.63, 3.8) is 0 Å². The topological polar surface area (TPSA) is 57.5 Å². The maximum Gasteiger partial charge on any atom is 1.00 e. The number of hydrogen-bond acceptors (Lipinski definition) is 2. The molecule has 10 atom stereocenters. The number of hydrogen-bond donors (Lipinski definition) is 2. The van der Waals surface area contributed by atoms with E-state index in [1.54, 1.807) is 12.5 Å². The van der Waals surface area contributed by atoms with Gasteiger partial charge in [0.05, 0.1) is 0 Å². The first-order chi connectivity index (χ1) is 15.3. The third-order valence-electron chi connectivity index (χ3n) is 13.1. The molecule has 0 saturated heterocycles. The number of aliphatic carboxylic acids is 1. The number of carboxylic acid groups (broad SMARTS) is 1. The molecule has 2 unspecified atom stereocenters. The largest absolute Gasteiger partial charge is 1.00 e. The van der Waals surface area contributed by atoms with E-state index in [2.05, 4.69) is 47.6 Å². The summed E-state index contributed by atoms with van der Waals surface area (Å²) in [6.07, 6.45) is 11.7. The van der Waals surface area contributed by atoms with Crippen molar-refractivity contribution in [1.29, 1.82) is 0 Å². The minimum atomic E-state index is -1.11. The Morgan fingerprint density at radius 2 is 1.68 bits per heavy atom. The molecule has 0 aromatic carbocycles. The summed E-state index contributed by atoms with van der Waals surface area (Å²) in [5, 5.41) is 21.1. The van der Waals surface area contributed by atoms with Gasteiger partial charge in [-0.15, -0.1) is 0 Å². The van der Waals surface area contributed by atoms with Crippen LogP contribution in [0.3, 0.4) is 0 Å². The van der Waals surface area contributed by atoms with Crippen molar-refractivity contribution in [3.05, 3.63) is 17.6 Å². The van der Waals surface area contributed by atoms with Crippen molar-refractivity contribution >= 4 is 5.97 Å². The zero-order valence-electron chi connectivity index (χ0n) is 23.1. The van der Waals surface area contributed by atoms with Gasteiger partial charge >= 0.3 is 18.9 Å². The summed E-state index contributed by atoms with van der Waals surface area (Å²) in [4.78, 5) is 12.5. The predicted molar refractivity (Wildman–Crippen MR) is 132 cm³/mol. The van der Waals surface area contributed by atoms with Crippen molar-refractivity contribution in [2.45, 2.75) is 112 Å². The standard InChI is InChI=1S/C30H47O3.Li/c1-18-10-13-26(3)16-17-28(5)20(24(26)19(18)2)8-9-21-27(4)14-12-23(31)30(7,25(32)33)22(27)11-15-29(21,28)6;/h8,18-19,21,23-24,31H,9-17H2,1-7H3,(H,32,33);/q-1;+1/t18-,19+,21?,23-,24+,26-,27-,28-,29-,30?;/m1./s1. The van der Waals surface area contributed by atoms with Crippen LogP contribution in [0.15, 0.2) is 11.6 Å². The van der Waals surface area contributed by atoms with Crippen LogP contribution in [0.2, 0.25) is 0 Å². The van der Waals surface area contributed by atoms with E-state index in [0.29, 0.717) is 23.7 Å². The zero-order chi connectivity index (χ0) is 24.2. The van der Waals surface area contributed by atoms with E-state index in [9.17, 15) is 15.0 Å². The van der Waals surface area contributed by atoms with Gasteiger partial charge < -0.3 is 10.2 Å². The van der Waals surface area contributed by atoms with Crippen LogP contribution in [0.5, 0.6) is 0 Å². The maximum absolute atomic E-state index is 12.5. The van der Waals surface area contributed by atoms with Gasteiger partial charge in [0.2, 0.25) is 0 Å². The molecule has 5 aliphatic carbocycles. The van der Waals surface area contributed by atoms with Gasteiger partial charge in [0.1, 0.15) is 0 Å². The van der Waals surface area contributed by atoms with E-state index >= 15 is 0 Å². The van der Waals surface area contributed by atoms with E-state index in [-0.39, 0.29) is 35.1 Å². The SMILES string of the molecule is C[C@H]1[C@H](C)CC[C@]2(C)CC[C@]3(C)C(=CCC4[C@@]5(C)CC[C@@H](O)C(C)(C(=O)O)[C-]5CC[C@]43C)[C@H]12.[Li+]. The first kappa shape index (κ1) is 26.8. The quantitative estimate of drug-likeness (QED) is 0.351. The molecule has 0 aromatic rings. The number of carbonyl (C=O) groups is 1. The molecule has 0 radical (unpaired) electrons. The second-order valence-corrected chi connectivity index (χ2v) is 14.2. The van der Waals surface area contributed by atoms with Gasteiger partial charge in [-0.05, 0) is 77.9 Å². The van der Waals surface area contributed by atoms with Crippen molar-refractivity contribution < 1.29 is 33.9 Å². The molecule has 4 fully saturated rings. The molecule has 0 aromatic heterocycles. The van der Waals surface area contributed by atoms with Crippen LogP contribution in [0.1, 0.15) is 106 Å². The first-order valence-corrected chi connectivity index (χ1v) is 13.7. The second kappa shape index (κ2) is 8.13. The first-order valence-electron chi connectivity index (χ1n) is 13.7. The maximum atomic E-state index is 12.5. The molecule has 4 heteroatoms. The van der Waals surface area contributed by atoms with Crippen molar-refractivity contribution in [1.82, 2.24) is 0 Å². The summed E-state index contributed by atoms with van der Waals surface area (Å²) >= 11 is 0. The van der Waals surface area contributed by atoms with E-state index < -0.39 is 17.5 Å². The molecule has 0 spiro atoms. The van der Waals surface area contributed by atoms with Crippen molar-refractivity contribution in [2.24, 2.45) is 50.7 Å². The molecule has 5 rings (SSSR count). The molecule has 34 heavy (non-hydrogen) atoms. The number of allylic oxidation sites excluding steroid dienone is 2. The van der Waals surface area contributed by atoms with E-state index in [1.165, 1.54) is 25.7 Å². The third-order valence-corrected chi connectivity index (χ3v) is 13.1. The Hall–Kier alpha value is -0.233. The van der Waals surface area contributed by atoms with E-state index in [0.717, 1.165) is 43.4 Å². The fourth-order valence-corrected chi connectivity index (χ4v) is 10.4. The summed E-state index contributed by atoms with van der Waals surface area (Å²) in [6.45, 7) is 16.9. The smallest absolute Gasteiger partial charge is 0.483 e. The average molecular weight is 463 g/mol. The van der Waals surface area contributed by atoms with Gasteiger partial charge in [0.25, 0.3) is 5.97 Å². The molecule has 0 amide bonds. The van der Waals surface area contributed by atoms with Crippen LogP contribution in [-0.4, -0.2) is 22.3 Å².